The van der Waals surface area contributed by atoms with Gasteiger partial charge in [-0.2, -0.15) is 0 Å². The molecule has 0 fully saturated rings. The summed E-state index contributed by atoms with van der Waals surface area (Å²) in [4.78, 5) is 4.93. The topological polar surface area (TPSA) is 21.3 Å². The van der Waals surface area contributed by atoms with Crippen molar-refractivity contribution in [2.75, 3.05) is 13.2 Å². The van der Waals surface area contributed by atoms with Gasteiger partial charge in [0, 0.05) is 6.54 Å². The zero-order valence-electron chi connectivity index (χ0n) is 6.85. The second-order valence-electron chi connectivity index (χ2n) is 2.03. The number of hydrogen-bond acceptors (Lipinski definition) is 2. The first-order valence-electron chi connectivity index (χ1n) is 3.76. The van der Waals surface area contributed by atoms with Gasteiger partial charge in [-0.25, -0.2) is 5.48 Å². The molecular formula is C7H18ClNO. The van der Waals surface area contributed by atoms with Gasteiger partial charge in [0.15, 0.2) is 0 Å². The molecule has 0 aliphatic carbocycles. The summed E-state index contributed by atoms with van der Waals surface area (Å²) in [5.41, 5.74) is 2.87. The van der Waals surface area contributed by atoms with E-state index in [1.807, 2.05) is 6.92 Å². The van der Waals surface area contributed by atoms with Gasteiger partial charge in [-0.05, 0) is 13.3 Å². The van der Waals surface area contributed by atoms with E-state index in [9.17, 15) is 0 Å². The molecule has 2 nitrogen and oxygen atoms in total. The van der Waals surface area contributed by atoms with Crippen molar-refractivity contribution < 1.29 is 4.84 Å². The number of rotatable bonds is 6. The van der Waals surface area contributed by atoms with E-state index in [1.54, 1.807) is 0 Å². The van der Waals surface area contributed by atoms with Crippen molar-refractivity contribution in [2.45, 2.75) is 33.1 Å². The number of nitrogens with one attached hydrogen (secondary N) is 1. The van der Waals surface area contributed by atoms with Crippen LogP contribution in [0.15, 0.2) is 0 Å². The van der Waals surface area contributed by atoms with Crippen molar-refractivity contribution in [3.8, 4) is 0 Å². The van der Waals surface area contributed by atoms with E-state index in [0.29, 0.717) is 0 Å². The first-order chi connectivity index (χ1) is 4.41. The first kappa shape index (κ1) is 12.8. The lowest BCUT2D eigenvalue weighted by atomic mass is 10.3. The van der Waals surface area contributed by atoms with Crippen molar-refractivity contribution >= 4 is 12.4 Å². The lowest BCUT2D eigenvalue weighted by Crippen LogP contribution is -2.15. The molecular weight excluding hydrogens is 150 g/mol. The molecule has 0 saturated heterocycles. The molecule has 0 radical (unpaired) electrons. The number of hydrogen-bond donors (Lipinski definition) is 1. The Morgan fingerprint density at radius 2 is 1.90 bits per heavy atom. The summed E-state index contributed by atoms with van der Waals surface area (Å²) in [7, 11) is 0. The lowest BCUT2D eigenvalue weighted by Gasteiger charge is -2.00. The van der Waals surface area contributed by atoms with Gasteiger partial charge in [-0.15, -0.1) is 12.4 Å². The maximum absolute atomic E-state index is 4.93. The Morgan fingerprint density at radius 1 is 1.20 bits per heavy atom. The van der Waals surface area contributed by atoms with Crippen LogP contribution in [0.3, 0.4) is 0 Å². The highest BCUT2D eigenvalue weighted by Crippen LogP contribution is 1.90. The summed E-state index contributed by atoms with van der Waals surface area (Å²) in [6, 6.07) is 0. The summed E-state index contributed by atoms with van der Waals surface area (Å²) < 4.78 is 0. The highest BCUT2D eigenvalue weighted by Gasteiger charge is 1.83. The molecule has 0 aliphatic heterocycles. The summed E-state index contributed by atoms with van der Waals surface area (Å²) >= 11 is 0. The monoisotopic (exact) mass is 167 g/mol. The van der Waals surface area contributed by atoms with Gasteiger partial charge in [0.2, 0.25) is 0 Å². The lowest BCUT2D eigenvalue weighted by molar-refractivity contribution is 0.0501. The number of halogens is 1. The van der Waals surface area contributed by atoms with Crippen LogP contribution in [0.25, 0.3) is 0 Å². The van der Waals surface area contributed by atoms with Gasteiger partial charge < -0.3 is 4.84 Å². The smallest absolute Gasteiger partial charge is 0.0653 e. The standard InChI is InChI=1S/C7H17NO.ClH/c1-3-5-6-7-8-9-4-2;/h8H,3-7H2,1-2H3;1H. The molecule has 0 unspecified atom stereocenters. The van der Waals surface area contributed by atoms with Crippen molar-refractivity contribution in [2.24, 2.45) is 0 Å². The zero-order valence-corrected chi connectivity index (χ0v) is 7.67. The largest absolute Gasteiger partial charge is 0.302 e. The zero-order chi connectivity index (χ0) is 6.95. The average molecular weight is 168 g/mol. The van der Waals surface area contributed by atoms with Crippen molar-refractivity contribution in [3.63, 3.8) is 0 Å². The summed E-state index contributed by atoms with van der Waals surface area (Å²) in [6.45, 7) is 5.92. The molecule has 1 N–H and O–H groups in total. The molecule has 0 rings (SSSR count). The van der Waals surface area contributed by atoms with E-state index < -0.39 is 0 Å². The Kier molecular flexibility index (Phi) is 15.3. The fraction of sp³-hybridized carbons (Fsp3) is 1.00. The Labute approximate surface area is 69.7 Å². The molecule has 0 spiro atoms. The molecule has 10 heavy (non-hydrogen) atoms. The maximum Gasteiger partial charge on any atom is 0.0653 e. The highest BCUT2D eigenvalue weighted by molar-refractivity contribution is 5.85. The second-order valence-corrected chi connectivity index (χ2v) is 2.03. The average Bonchev–Trinajstić information content (AvgIpc) is 1.89. The van der Waals surface area contributed by atoms with Gasteiger partial charge in [-0.1, -0.05) is 19.8 Å². The third kappa shape index (κ3) is 11.1. The van der Waals surface area contributed by atoms with Crippen LogP contribution in [0, 0.1) is 0 Å². The van der Waals surface area contributed by atoms with Crippen molar-refractivity contribution in [1.82, 2.24) is 5.48 Å². The minimum atomic E-state index is 0. The number of unbranched alkanes of at least 4 members (excludes halogenated alkanes) is 2. The molecule has 0 aromatic rings. The third-order valence-electron chi connectivity index (χ3n) is 1.13. The highest BCUT2D eigenvalue weighted by atomic mass is 35.5. The predicted octanol–water partition coefficient (Wildman–Crippen LogP) is 2.14. The van der Waals surface area contributed by atoms with E-state index in [4.69, 9.17) is 4.84 Å². The predicted molar refractivity (Wildman–Crippen MR) is 46.4 cm³/mol. The SMILES string of the molecule is CCCCCNOCC.Cl. The van der Waals surface area contributed by atoms with E-state index in [-0.39, 0.29) is 12.4 Å². The van der Waals surface area contributed by atoms with Crippen LogP contribution in [-0.2, 0) is 4.84 Å². The second kappa shape index (κ2) is 11.9. The molecule has 0 aromatic heterocycles. The Bertz CT molecular complexity index is 46.9. The van der Waals surface area contributed by atoms with Crippen LogP contribution < -0.4 is 5.48 Å². The van der Waals surface area contributed by atoms with Gasteiger partial charge >= 0.3 is 0 Å². The molecule has 0 aromatic carbocycles. The normalized spacial score (nSPS) is 9.00. The fourth-order valence-electron chi connectivity index (χ4n) is 0.621. The van der Waals surface area contributed by atoms with E-state index >= 15 is 0 Å². The van der Waals surface area contributed by atoms with Gasteiger partial charge in [-0.3, -0.25) is 0 Å². The summed E-state index contributed by atoms with van der Waals surface area (Å²) in [5.74, 6) is 0. The molecule has 0 bridgehead atoms. The van der Waals surface area contributed by atoms with Crippen molar-refractivity contribution in [3.05, 3.63) is 0 Å². The van der Waals surface area contributed by atoms with Gasteiger partial charge in [0.05, 0.1) is 6.61 Å². The van der Waals surface area contributed by atoms with Crippen molar-refractivity contribution in [1.29, 1.82) is 0 Å². The molecule has 0 saturated carbocycles. The van der Waals surface area contributed by atoms with E-state index in [0.717, 1.165) is 13.2 Å². The molecule has 0 amide bonds. The molecule has 0 atom stereocenters. The molecule has 3 heteroatoms. The van der Waals surface area contributed by atoms with Crippen LogP contribution in [-0.4, -0.2) is 13.2 Å². The Balaban J connectivity index is 0. The van der Waals surface area contributed by atoms with Crippen LogP contribution in [0.2, 0.25) is 0 Å². The maximum atomic E-state index is 4.93. The molecule has 0 heterocycles. The summed E-state index contributed by atoms with van der Waals surface area (Å²) in [6.07, 6.45) is 3.78. The minimum absolute atomic E-state index is 0. The van der Waals surface area contributed by atoms with E-state index in [1.165, 1.54) is 19.3 Å². The number of hydroxylamine groups is 1. The Hall–Kier alpha value is 0.210. The Morgan fingerprint density at radius 3 is 2.40 bits per heavy atom. The molecule has 64 valence electrons. The van der Waals surface area contributed by atoms with Crippen LogP contribution in [0.5, 0.6) is 0 Å². The third-order valence-corrected chi connectivity index (χ3v) is 1.13. The van der Waals surface area contributed by atoms with E-state index in [2.05, 4.69) is 12.4 Å². The minimum Gasteiger partial charge on any atom is -0.302 e. The van der Waals surface area contributed by atoms with Gasteiger partial charge in [0.1, 0.15) is 0 Å². The quantitative estimate of drug-likeness (QED) is 0.484. The fourth-order valence-corrected chi connectivity index (χ4v) is 0.621. The molecule has 0 aliphatic rings. The van der Waals surface area contributed by atoms with Gasteiger partial charge in [0.25, 0.3) is 0 Å². The van der Waals surface area contributed by atoms with Crippen LogP contribution >= 0.6 is 12.4 Å². The van der Waals surface area contributed by atoms with Crippen LogP contribution in [0.4, 0.5) is 0 Å². The van der Waals surface area contributed by atoms with Crippen LogP contribution in [0.1, 0.15) is 33.1 Å². The summed E-state index contributed by atoms with van der Waals surface area (Å²) in [5, 5.41) is 0. The first-order valence-corrected chi connectivity index (χ1v) is 3.76.